The molecule has 0 spiro atoms. The second kappa shape index (κ2) is 5.64. The highest BCUT2D eigenvalue weighted by atomic mass is 19.4. The number of hydrogen-bond donors (Lipinski definition) is 2. The normalized spacial score (nSPS) is 10.9. The molecule has 0 aliphatic heterocycles. The second-order valence-corrected chi connectivity index (χ2v) is 3.94. The minimum atomic E-state index is -4.82. The van der Waals surface area contributed by atoms with Crippen molar-refractivity contribution in [3.05, 3.63) is 35.9 Å². The van der Waals surface area contributed by atoms with Gasteiger partial charge in [-0.05, 0) is 25.1 Å². The highest BCUT2D eigenvalue weighted by Crippen LogP contribution is 2.28. The van der Waals surface area contributed by atoms with Crippen molar-refractivity contribution in [2.45, 2.75) is 13.3 Å². The van der Waals surface area contributed by atoms with E-state index in [0.29, 0.717) is 0 Å². The number of ether oxygens (including phenoxy) is 1. The van der Waals surface area contributed by atoms with E-state index in [1.165, 1.54) is 6.07 Å². The molecule has 0 radical (unpaired) electrons. The molecule has 1 rings (SSSR count). The predicted molar refractivity (Wildman–Crippen MR) is 64.7 cm³/mol. The summed E-state index contributed by atoms with van der Waals surface area (Å²) in [6.07, 6.45) is -4.82. The molecule has 0 saturated carbocycles. The zero-order valence-electron chi connectivity index (χ0n) is 10.2. The number of alkyl halides is 3. The van der Waals surface area contributed by atoms with Gasteiger partial charge in [0.15, 0.2) is 5.75 Å². The summed E-state index contributed by atoms with van der Waals surface area (Å²) in [6, 6.07) is 3.32. The van der Waals surface area contributed by atoms with Crippen LogP contribution in [0.4, 0.5) is 18.9 Å². The Labute approximate surface area is 108 Å². The Kier molecular flexibility index (Phi) is 4.42. The molecule has 3 N–H and O–H groups in total. The zero-order valence-corrected chi connectivity index (χ0v) is 10.2. The molecule has 0 aliphatic rings. The average molecular weight is 274 g/mol. The Morgan fingerprint density at radius 2 is 2.11 bits per heavy atom. The molecular weight excluding hydrogens is 261 g/mol. The van der Waals surface area contributed by atoms with Crippen LogP contribution >= 0.6 is 0 Å². The molecule has 0 aromatic heterocycles. The quantitative estimate of drug-likeness (QED) is 0.655. The molecule has 104 valence electrons. The van der Waals surface area contributed by atoms with E-state index in [4.69, 9.17) is 5.73 Å². The fourth-order valence-electron chi connectivity index (χ4n) is 1.24. The molecule has 0 saturated heterocycles. The fraction of sp³-hybridized carbons (Fsp3) is 0.250. The Balaban J connectivity index is 2.82. The van der Waals surface area contributed by atoms with Gasteiger partial charge in [-0.1, -0.05) is 12.2 Å². The number of anilines is 1. The van der Waals surface area contributed by atoms with Crippen molar-refractivity contribution < 1.29 is 22.7 Å². The van der Waals surface area contributed by atoms with E-state index in [1.54, 1.807) is 6.92 Å². The van der Waals surface area contributed by atoms with E-state index >= 15 is 0 Å². The van der Waals surface area contributed by atoms with Crippen LogP contribution in [0.5, 0.6) is 5.75 Å². The van der Waals surface area contributed by atoms with Gasteiger partial charge in [-0.3, -0.25) is 4.79 Å². The number of nitrogens with two attached hydrogens (primary N) is 1. The maximum Gasteiger partial charge on any atom is 0.573 e. The maximum atomic E-state index is 12.0. The van der Waals surface area contributed by atoms with Crippen LogP contribution in [-0.2, 0) is 0 Å². The molecule has 4 nitrogen and oxygen atoms in total. The van der Waals surface area contributed by atoms with Crippen LogP contribution in [0.3, 0.4) is 0 Å². The molecule has 1 aromatic rings. The molecule has 0 fully saturated rings. The van der Waals surface area contributed by atoms with Gasteiger partial charge in [-0.15, -0.1) is 13.2 Å². The van der Waals surface area contributed by atoms with Gasteiger partial charge in [-0.25, -0.2) is 0 Å². The lowest BCUT2D eigenvalue weighted by atomic mass is 10.1. The van der Waals surface area contributed by atoms with Gasteiger partial charge in [0, 0.05) is 12.1 Å². The van der Waals surface area contributed by atoms with Crippen LogP contribution in [0, 0.1) is 0 Å². The molecular formula is C12H13F3N2O2. The third kappa shape index (κ3) is 4.90. The standard InChI is InChI=1S/C12H13F3N2O2/c1-7(2)6-17-11(18)8-3-4-10(9(16)5-8)19-12(13,14)15/h3-5H,1,6,16H2,2H3,(H,17,18). The summed E-state index contributed by atoms with van der Waals surface area (Å²) in [5, 5.41) is 2.54. The molecule has 0 aliphatic carbocycles. The summed E-state index contributed by atoms with van der Waals surface area (Å²) >= 11 is 0. The summed E-state index contributed by atoms with van der Waals surface area (Å²) in [7, 11) is 0. The minimum absolute atomic E-state index is 0.147. The number of rotatable bonds is 4. The first-order valence-corrected chi connectivity index (χ1v) is 5.27. The first-order chi connectivity index (χ1) is 8.69. The van der Waals surface area contributed by atoms with Crippen molar-refractivity contribution in [3.63, 3.8) is 0 Å². The number of benzene rings is 1. The first-order valence-electron chi connectivity index (χ1n) is 5.27. The minimum Gasteiger partial charge on any atom is -0.404 e. The second-order valence-electron chi connectivity index (χ2n) is 3.94. The number of halogens is 3. The van der Waals surface area contributed by atoms with Crippen LogP contribution in [-0.4, -0.2) is 18.8 Å². The van der Waals surface area contributed by atoms with Gasteiger partial charge < -0.3 is 15.8 Å². The molecule has 7 heteroatoms. The number of nitrogens with one attached hydrogen (secondary N) is 1. The lowest BCUT2D eigenvalue weighted by molar-refractivity contribution is -0.274. The summed E-state index contributed by atoms with van der Waals surface area (Å²) < 4.78 is 39.8. The Morgan fingerprint density at radius 1 is 1.47 bits per heavy atom. The van der Waals surface area contributed by atoms with Crippen LogP contribution in [0.25, 0.3) is 0 Å². The average Bonchev–Trinajstić information content (AvgIpc) is 2.27. The largest absolute Gasteiger partial charge is 0.573 e. The number of hydrogen-bond acceptors (Lipinski definition) is 3. The molecule has 1 amide bonds. The third-order valence-electron chi connectivity index (χ3n) is 2.05. The highest BCUT2D eigenvalue weighted by molar-refractivity contribution is 5.95. The predicted octanol–water partition coefficient (Wildman–Crippen LogP) is 2.47. The lowest BCUT2D eigenvalue weighted by Gasteiger charge is -2.12. The van der Waals surface area contributed by atoms with Gasteiger partial charge in [0.25, 0.3) is 5.91 Å². The van der Waals surface area contributed by atoms with Gasteiger partial charge in [0.2, 0.25) is 0 Å². The zero-order chi connectivity index (χ0) is 14.6. The van der Waals surface area contributed by atoms with E-state index in [2.05, 4.69) is 16.6 Å². The van der Waals surface area contributed by atoms with E-state index in [9.17, 15) is 18.0 Å². The highest BCUT2D eigenvalue weighted by Gasteiger charge is 2.32. The molecule has 0 heterocycles. The van der Waals surface area contributed by atoms with Gasteiger partial charge in [-0.2, -0.15) is 0 Å². The van der Waals surface area contributed by atoms with Crippen LogP contribution < -0.4 is 15.8 Å². The number of carbonyl (C=O) groups excluding carboxylic acids is 1. The summed E-state index contributed by atoms with van der Waals surface area (Å²) in [4.78, 5) is 11.6. The monoisotopic (exact) mass is 274 g/mol. The third-order valence-corrected chi connectivity index (χ3v) is 2.05. The Morgan fingerprint density at radius 3 is 2.58 bits per heavy atom. The Hall–Kier alpha value is -2.18. The SMILES string of the molecule is C=C(C)CNC(=O)c1ccc(OC(F)(F)F)c(N)c1. The number of amides is 1. The Bertz CT molecular complexity index is 498. The molecule has 1 aromatic carbocycles. The summed E-state index contributed by atoms with van der Waals surface area (Å²) in [5.41, 5.74) is 6.03. The topological polar surface area (TPSA) is 64.3 Å². The lowest BCUT2D eigenvalue weighted by Crippen LogP contribution is -2.25. The van der Waals surface area contributed by atoms with Crippen molar-refractivity contribution in [2.75, 3.05) is 12.3 Å². The van der Waals surface area contributed by atoms with Crippen LogP contribution in [0.1, 0.15) is 17.3 Å². The van der Waals surface area contributed by atoms with E-state index in [0.717, 1.165) is 17.7 Å². The first kappa shape index (κ1) is 14.9. The maximum absolute atomic E-state index is 12.0. The molecule has 19 heavy (non-hydrogen) atoms. The summed E-state index contributed by atoms with van der Waals surface area (Å²) in [6.45, 7) is 5.62. The van der Waals surface area contributed by atoms with E-state index in [-0.39, 0.29) is 17.8 Å². The van der Waals surface area contributed by atoms with Crippen molar-refractivity contribution in [1.29, 1.82) is 0 Å². The van der Waals surface area contributed by atoms with E-state index < -0.39 is 18.0 Å². The van der Waals surface area contributed by atoms with Crippen molar-refractivity contribution in [2.24, 2.45) is 0 Å². The van der Waals surface area contributed by atoms with Gasteiger partial charge in [0.05, 0.1) is 5.69 Å². The van der Waals surface area contributed by atoms with Crippen molar-refractivity contribution in [1.82, 2.24) is 5.32 Å². The number of nitrogen functional groups attached to an aromatic ring is 1. The summed E-state index contributed by atoms with van der Waals surface area (Å²) in [5.74, 6) is -0.989. The molecule has 0 atom stereocenters. The van der Waals surface area contributed by atoms with Gasteiger partial charge in [0.1, 0.15) is 0 Å². The van der Waals surface area contributed by atoms with Crippen molar-refractivity contribution in [3.8, 4) is 5.75 Å². The van der Waals surface area contributed by atoms with Crippen molar-refractivity contribution >= 4 is 11.6 Å². The number of carbonyl (C=O) groups is 1. The van der Waals surface area contributed by atoms with Gasteiger partial charge >= 0.3 is 6.36 Å². The fourth-order valence-corrected chi connectivity index (χ4v) is 1.24. The molecule has 0 unspecified atom stereocenters. The van der Waals surface area contributed by atoms with Crippen LogP contribution in [0.2, 0.25) is 0 Å². The van der Waals surface area contributed by atoms with Crippen LogP contribution in [0.15, 0.2) is 30.4 Å². The van der Waals surface area contributed by atoms with E-state index in [1.807, 2.05) is 0 Å². The molecule has 0 bridgehead atoms. The smallest absolute Gasteiger partial charge is 0.404 e.